The van der Waals surface area contributed by atoms with Crippen LogP contribution in [0.4, 0.5) is 0 Å². The highest BCUT2D eigenvalue weighted by Gasteiger charge is 2.15. The highest BCUT2D eigenvalue weighted by molar-refractivity contribution is 7.94. The second-order valence-electron chi connectivity index (χ2n) is 1.96. The van der Waals surface area contributed by atoms with Gasteiger partial charge in [-0.1, -0.05) is 0 Å². The molecule has 88 valence electrons. The molecule has 0 radical (unpaired) electrons. The standard InChI is InChI=1S/C3H8O2.H2O7S2/c1-3(5)2-4;1-8(2,3)7-9(4,5)6/h3-5H,2H2,1H3;(H,1,2,3)(H,4,5,6). The normalized spacial score (nSPS) is 14.1. The first-order chi connectivity index (χ1) is 5.98. The van der Waals surface area contributed by atoms with Gasteiger partial charge in [-0.05, 0) is 6.92 Å². The van der Waals surface area contributed by atoms with E-state index in [1.54, 1.807) is 0 Å². The fourth-order valence-corrected chi connectivity index (χ4v) is 0.978. The van der Waals surface area contributed by atoms with E-state index >= 15 is 0 Å². The van der Waals surface area contributed by atoms with Crippen molar-refractivity contribution < 1.29 is 39.8 Å². The molecule has 0 heterocycles. The van der Waals surface area contributed by atoms with Crippen molar-refractivity contribution in [3.8, 4) is 0 Å². The molecule has 1 atom stereocenters. The number of rotatable bonds is 3. The lowest BCUT2D eigenvalue weighted by molar-refractivity contribution is 0.110. The fraction of sp³-hybridized carbons (Fsp3) is 1.00. The molecule has 0 aliphatic carbocycles. The van der Waals surface area contributed by atoms with Crippen LogP contribution in [0.5, 0.6) is 0 Å². The molecule has 0 aliphatic heterocycles. The summed E-state index contributed by atoms with van der Waals surface area (Å²) in [5.41, 5.74) is 0. The lowest BCUT2D eigenvalue weighted by atomic mass is 10.5. The Morgan fingerprint density at radius 3 is 1.36 bits per heavy atom. The molecule has 11 heteroatoms. The van der Waals surface area contributed by atoms with Gasteiger partial charge in [-0.15, -0.1) is 3.63 Å². The lowest BCUT2D eigenvalue weighted by Gasteiger charge is -1.90. The van der Waals surface area contributed by atoms with E-state index in [1.165, 1.54) is 6.92 Å². The first-order valence-electron chi connectivity index (χ1n) is 2.93. The average molecular weight is 254 g/mol. The Kier molecular flexibility index (Phi) is 7.19. The second kappa shape index (κ2) is 6.23. The van der Waals surface area contributed by atoms with Crippen molar-refractivity contribution in [1.82, 2.24) is 0 Å². The molecule has 14 heavy (non-hydrogen) atoms. The molecular weight excluding hydrogens is 244 g/mol. The minimum Gasteiger partial charge on any atom is -0.394 e. The maximum atomic E-state index is 9.44. The van der Waals surface area contributed by atoms with Crippen LogP contribution in [-0.2, 0) is 24.4 Å². The van der Waals surface area contributed by atoms with E-state index in [9.17, 15) is 16.8 Å². The quantitative estimate of drug-likeness (QED) is 0.416. The Morgan fingerprint density at radius 2 is 1.36 bits per heavy atom. The molecule has 0 rings (SSSR count). The van der Waals surface area contributed by atoms with Gasteiger partial charge in [-0.3, -0.25) is 9.11 Å². The summed E-state index contributed by atoms with van der Waals surface area (Å²) in [6.07, 6.45) is -0.560. The zero-order valence-corrected chi connectivity index (χ0v) is 8.56. The number of aliphatic hydroxyl groups is 2. The predicted octanol–water partition coefficient (Wildman–Crippen LogP) is -2.03. The largest absolute Gasteiger partial charge is 0.413 e. The molecule has 0 aromatic rings. The molecule has 0 aliphatic rings. The molecule has 0 spiro atoms. The van der Waals surface area contributed by atoms with Crippen LogP contribution in [0.3, 0.4) is 0 Å². The lowest BCUT2D eigenvalue weighted by Crippen LogP contribution is -2.10. The van der Waals surface area contributed by atoms with Gasteiger partial charge >= 0.3 is 20.8 Å². The van der Waals surface area contributed by atoms with Crippen LogP contribution >= 0.6 is 0 Å². The highest BCUT2D eigenvalue weighted by Crippen LogP contribution is 1.91. The van der Waals surface area contributed by atoms with Crippen LogP contribution in [0.2, 0.25) is 0 Å². The van der Waals surface area contributed by atoms with Crippen LogP contribution in [-0.4, -0.2) is 48.9 Å². The molecule has 0 bridgehead atoms. The van der Waals surface area contributed by atoms with Gasteiger partial charge in [-0.2, -0.15) is 16.8 Å². The van der Waals surface area contributed by atoms with E-state index in [1.807, 2.05) is 0 Å². The maximum Gasteiger partial charge on any atom is 0.413 e. The average Bonchev–Trinajstić information content (AvgIpc) is 1.80. The molecule has 0 aromatic heterocycles. The summed E-state index contributed by atoms with van der Waals surface area (Å²) >= 11 is 0. The zero-order chi connectivity index (χ0) is 12.0. The third-order valence-electron chi connectivity index (χ3n) is 0.436. The topological polar surface area (TPSA) is 158 Å². The van der Waals surface area contributed by atoms with Gasteiger partial charge in [-0.25, -0.2) is 0 Å². The molecule has 0 aromatic carbocycles. The first kappa shape index (κ1) is 16.1. The van der Waals surface area contributed by atoms with Crippen LogP contribution in [0.1, 0.15) is 6.92 Å². The molecule has 0 saturated heterocycles. The van der Waals surface area contributed by atoms with Gasteiger partial charge in [0, 0.05) is 0 Å². The third-order valence-corrected chi connectivity index (χ3v) is 1.81. The summed E-state index contributed by atoms with van der Waals surface area (Å²) in [6, 6.07) is 0. The maximum absolute atomic E-state index is 9.44. The predicted molar refractivity (Wildman–Crippen MR) is 42.9 cm³/mol. The fourth-order valence-electron chi connectivity index (χ4n) is 0.109. The monoisotopic (exact) mass is 254 g/mol. The van der Waals surface area contributed by atoms with E-state index < -0.39 is 26.9 Å². The highest BCUT2D eigenvalue weighted by atomic mass is 32.3. The molecule has 9 nitrogen and oxygen atoms in total. The van der Waals surface area contributed by atoms with Gasteiger partial charge in [0.2, 0.25) is 0 Å². The van der Waals surface area contributed by atoms with Crippen LogP contribution in [0.15, 0.2) is 0 Å². The molecule has 0 amide bonds. The first-order valence-corrected chi connectivity index (χ1v) is 5.66. The van der Waals surface area contributed by atoms with Crippen LogP contribution < -0.4 is 0 Å². The van der Waals surface area contributed by atoms with Crippen molar-refractivity contribution in [3.05, 3.63) is 0 Å². The van der Waals surface area contributed by atoms with Gasteiger partial charge < -0.3 is 10.2 Å². The van der Waals surface area contributed by atoms with Gasteiger partial charge in [0.05, 0.1) is 12.7 Å². The van der Waals surface area contributed by atoms with Crippen molar-refractivity contribution in [1.29, 1.82) is 0 Å². The molecule has 1 unspecified atom stereocenters. The van der Waals surface area contributed by atoms with E-state index in [-0.39, 0.29) is 6.61 Å². The summed E-state index contributed by atoms with van der Waals surface area (Å²) in [7, 11) is -10.2. The van der Waals surface area contributed by atoms with Crippen LogP contribution in [0, 0.1) is 0 Å². The SMILES string of the molecule is CC(O)CO.O=S(=O)(O)OS(=O)(=O)O. The van der Waals surface area contributed by atoms with E-state index in [2.05, 4.69) is 3.63 Å². The van der Waals surface area contributed by atoms with Crippen molar-refractivity contribution >= 4 is 20.8 Å². The minimum atomic E-state index is -5.12. The third kappa shape index (κ3) is 22.6. The Bertz CT molecular complexity index is 293. The van der Waals surface area contributed by atoms with Crippen molar-refractivity contribution in [2.45, 2.75) is 13.0 Å². The number of hydrogen-bond acceptors (Lipinski definition) is 7. The summed E-state index contributed by atoms with van der Waals surface area (Å²) in [6.45, 7) is 1.39. The Morgan fingerprint density at radius 1 is 1.14 bits per heavy atom. The molecule has 0 saturated carbocycles. The Labute approximate surface area is 80.9 Å². The van der Waals surface area contributed by atoms with Gasteiger partial charge in [0.1, 0.15) is 0 Å². The van der Waals surface area contributed by atoms with Crippen molar-refractivity contribution in [3.63, 3.8) is 0 Å². The Hall–Kier alpha value is -0.300. The van der Waals surface area contributed by atoms with Gasteiger partial charge in [0.15, 0.2) is 0 Å². The zero-order valence-electron chi connectivity index (χ0n) is 6.93. The van der Waals surface area contributed by atoms with Crippen molar-refractivity contribution in [2.75, 3.05) is 6.61 Å². The summed E-state index contributed by atoms with van der Waals surface area (Å²) in [4.78, 5) is 0. The Balaban J connectivity index is 0. The van der Waals surface area contributed by atoms with E-state index in [0.717, 1.165) is 0 Å². The summed E-state index contributed by atoms with van der Waals surface area (Å²) in [5.74, 6) is 0. The molecule has 0 fully saturated rings. The number of aliphatic hydroxyl groups excluding tert-OH is 2. The van der Waals surface area contributed by atoms with Crippen LogP contribution in [0.25, 0.3) is 0 Å². The summed E-state index contributed by atoms with van der Waals surface area (Å²) < 4.78 is 55.6. The van der Waals surface area contributed by atoms with E-state index in [0.29, 0.717) is 0 Å². The van der Waals surface area contributed by atoms with Crippen molar-refractivity contribution in [2.24, 2.45) is 0 Å². The number of hydrogen-bond donors (Lipinski definition) is 4. The smallest absolute Gasteiger partial charge is 0.394 e. The summed E-state index contributed by atoms with van der Waals surface area (Å²) in [5, 5.41) is 16.0. The molecular formula is C3H10O9S2. The van der Waals surface area contributed by atoms with E-state index in [4.69, 9.17) is 19.3 Å². The molecule has 4 N–H and O–H groups in total. The van der Waals surface area contributed by atoms with Gasteiger partial charge in [0.25, 0.3) is 0 Å². The second-order valence-corrected chi connectivity index (χ2v) is 4.21. The minimum absolute atomic E-state index is 0.139.